The van der Waals surface area contributed by atoms with Gasteiger partial charge in [-0.05, 0) is 22.8 Å². The molecule has 0 saturated heterocycles. The normalized spacial score (nSPS) is 12.8. The monoisotopic (exact) mass is 380 g/mol. The van der Waals surface area contributed by atoms with E-state index in [4.69, 9.17) is 17.3 Å². The average molecular weight is 381 g/mol. The summed E-state index contributed by atoms with van der Waals surface area (Å²) in [5.41, 5.74) is 7.96. The van der Waals surface area contributed by atoms with Gasteiger partial charge in [0.1, 0.15) is 0 Å². The molecule has 0 aromatic heterocycles. The average Bonchev–Trinajstić information content (AvgIpc) is 2.57. The summed E-state index contributed by atoms with van der Waals surface area (Å²) in [6.45, 7) is 0.214. The Kier molecular flexibility index (Phi) is 6.72. The zero-order valence-electron chi connectivity index (χ0n) is 13.9. The van der Waals surface area contributed by atoms with Crippen molar-refractivity contribution < 1.29 is 13.2 Å². The van der Waals surface area contributed by atoms with E-state index in [0.717, 1.165) is 22.9 Å². The Bertz CT molecular complexity index is 836. The molecule has 134 valence electrons. The van der Waals surface area contributed by atoms with E-state index >= 15 is 0 Å². The van der Waals surface area contributed by atoms with Crippen LogP contribution in [0.15, 0.2) is 48.5 Å². The molecule has 1 unspecified atom stereocenters. The molecule has 0 aliphatic carbocycles. The number of nitrogens with two attached hydrogens (primary N) is 1. The van der Waals surface area contributed by atoms with E-state index in [2.05, 4.69) is 4.72 Å². The molecule has 2 aromatic carbocycles. The predicted molar refractivity (Wildman–Crippen MR) is 100 cm³/mol. The van der Waals surface area contributed by atoms with Crippen molar-refractivity contribution >= 4 is 27.4 Å². The number of benzene rings is 2. The Labute approximate surface area is 153 Å². The smallest absolute Gasteiger partial charge is 0.208 e. The number of hydrogen-bond donors (Lipinski definition) is 2. The molecule has 2 rings (SSSR count). The highest BCUT2D eigenvalue weighted by atomic mass is 35.5. The molecule has 5 nitrogen and oxygen atoms in total. The van der Waals surface area contributed by atoms with E-state index in [9.17, 15) is 13.2 Å². The number of halogens is 1. The molecule has 0 aliphatic rings. The van der Waals surface area contributed by atoms with Gasteiger partial charge in [-0.15, -0.1) is 0 Å². The van der Waals surface area contributed by atoms with Gasteiger partial charge >= 0.3 is 0 Å². The van der Waals surface area contributed by atoms with Crippen molar-refractivity contribution in [1.29, 1.82) is 0 Å². The Morgan fingerprint density at radius 2 is 1.80 bits per heavy atom. The van der Waals surface area contributed by atoms with E-state index in [0.29, 0.717) is 5.02 Å². The molecule has 0 heterocycles. The highest BCUT2D eigenvalue weighted by molar-refractivity contribution is 7.88. The highest BCUT2D eigenvalue weighted by Crippen LogP contribution is 2.30. The minimum Gasteiger partial charge on any atom is -0.324 e. The highest BCUT2D eigenvalue weighted by Gasteiger charge is 2.18. The minimum atomic E-state index is -3.33. The Morgan fingerprint density at radius 1 is 1.16 bits per heavy atom. The molecule has 7 heteroatoms. The first-order valence-electron chi connectivity index (χ1n) is 7.80. The van der Waals surface area contributed by atoms with Crippen LogP contribution in [0.4, 0.5) is 0 Å². The topological polar surface area (TPSA) is 89.3 Å². The summed E-state index contributed by atoms with van der Waals surface area (Å²) in [5.74, 6) is -0.267. The molecule has 0 saturated carbocycles. The molecular weight excluding hydrogens is 360 g/mol. The van der Waals surface area contributed by atoms with Crippen LogP contribution in [0.2, 0.25) is 5.02 Å². The fraction of sp³-hybridized carbons (Fsp3) is 0.278. The van der Waals surface area contributed by atoms with E-state index in [1.807, 2.05) is 42.5 Å². The second-order valence-corrected chi connectivity index (χ2v) is 8.10. The summed E-state index contributed by atoms with van der Waals surface area (Å²) < 4.78 is 25.5. The quantitative estimate of drug-likeness (QED) is 0.733. The van der Waals surface area contributed by atoms with Crippen molar-refractivity contribution in [2.24, 2.45) is 5.73 Å². The Hall–Kier alpha value is -1.73. The lowest BCUT2D eigenvalue weighted by Gasteiger charge is -2.20. The first-order valence-corrected chi connectivity index (χ1v) is 10.1. The van der Waals surface area contributed by atoms with Crippen LogP contribution in [0.3, 0.4) is 0 Å². The molecule has 0 fully saturated rings. The van der Waals surface area contributed by atoms with Crippen LogP contribution in [-0.4, -0.2) is 33.5 Å². The summed E-state index contributed by atoms with van der Waals surface area (Å²) in [6, 6.07) is 14.8. The lowest BCUT2D eigenvalue weighted by molar-refractivity contribution is -0.117. The van der Waals surface area contributed by atoms with E-state index < -0.39 is 10.0 Å². The number of ketones is 1. The first kappa shape index (κ1) is 19.6. The van der Waals surface area contributed by atoms with Crippen molar-refractivity contribution in [3.05, 3.63) is 70.2 Å². The number of carbonyl (C=O) groups is 1. The number of hydrogen-bond acceptors (Lipinski definition) is 4. The fourth-order valence-electron chi connectivity index (χ4n) is 2.57. The second-order valence-electron chi connectivity index (χ2n) is 5.86. The third kappa shape index (κ3) is 5.93. The fourth-order valence-corrected chi connectivity index (χ4v) is 3.30. The molecular formula is C18H21ClN2O3S. The molecule has 1 atom stereocenters. The number of sulfonamides is 1. The van der Waals surface area contributed by atoms with Crippen LogP contribution in [0.25, 0.3) is 0 Å². The zero-order chi connectivity index (χ0) is 18.4. The zero-order valence-corrected chi connectivity index (χ0v) is 15.5. The standard InChI is InChI=1S/C18H21ClN2O3S/c1-25(23,24)21-12-17(16-4-2-3-5-18(16)19)14-8-6-13(7-9-14)10-15(22)11-20/h2-9,17,21H,10-12,20H2,1H3. The third-order valence-electron chi connectivity index (χ3n) is 3.84. The first-order chi connectivity index (χ1) is 11.8. The van der Waals surface area contributed by atoms with Crippen LogP contribution in [0, 0.1) is 0 Å². The molecule has 0 spiro atoms. The van der Waals surface area contributed by atoms with Gasteiger partial charge in [-0.1, -0.05) is 54.1 Å². The van der Waals surface area contributed by atoms with Crippen molar-refractivity contribution in [1.82, 2.24) is 4.72 Å². The summed E-state index contributed by atoms with van der Waals surface area (Å²) in [6.07, 6.45) is 1.41. The van der Waals surface area contributed by atoms with E-state index in [1.54, 1.807) is 6.07 Å². The summed E-state index contributed by atoms with van der Waals surface area (Å²) in [5, 5.41) is 0.574. The van der Waals surface area contributed by atoms with Crippen LogP contribution >= 0.6 is 11.6 Å². The Balaban J connectivity index is 2.31. The van der Waals surface area contributed by atoms with Gasteiger partial charge in [-0.3, -0.25) is 4.79 Å². The van der Waals surface area contributed by atoms with Crippen LogP contribution in [0.5, 0.6) is 0 Å². The SMILES string of the molecule is CS(=O)(=O)NCC(c1ccc(CC(=O)CN)cc1)c1ccccc1Cl. The molecule has 0 radical (unpaired) electrons. The van der Waals surface area contributed by atoms with Gasteiger partial charge in [0.25, 0.3) is 0 Å². The minimum absolute atomic E-state index is 0.0162. The molecule has 25 heavy (non-hydrogen) atoms. The maximum atomic E-state index is 11.5. The van der Waals surface area contributed by atoms with E-state index in [1.165, 1.54) is 0 Å². The summed E-state index contributed by atoms with van der Waals surface area (Å²) >= 11 is 6.30. The predicted octanol–water partition coefficient (Wildman–Crippen LogP) is 2.09. The molecule has 2 aromatic rings. The lowest BCUT2D eigenvalue weighted by atomic mass is 9.90. The van der Waals surface area contributed by atoms with Crippen molar-refractivity contribution in [2.45, 2.75) is 12.3 Å². The summed E-state index contributed by atoms with van der Waals surface area (Å²) in [4.78, 5) is 11.5. The number of nitrogens with one attached hydrogen (secondary N) is 1. The van der Waals surface area contributed by atoms with Crippen LogP contribution < -0.4 is 10.5 Å². The van der Waals surface area contributed by atoms with Crippen LogP contribution in [-0.2, 0) is 21.2 Å². The van der Waals surface area contributed by atoms with Gasteiger partial charge < -0.3 is 5.73 Å². The summed E-state index contributed by atoms with van der Waals surface area (Å²) in [7, 11) is -3.33. The van der Waals surface area contributed by atoms with E-state index in [-0.39, 0.29) is 31.2 Å². The maximum absolute atomic E-state index is 11.5. The van der Waals surface area contributed by atoms with Gasteiger partial charge in [0.15, 0.2) is 5.78 Å². The number of rotatable bonds is 8. The number of Topliss-reactive ketones (excluding diaryl/α,β-unsaturated/α-hetero) is 1. The lowest BCUT2D eigenvalue weighted by Crippen LogP contribution is -2.28. The van der Waals surface area contributed by atoms with Gasteiger partial charge in [-0.2, -0.15) is 0 Å². The largest absolute Gasteiger partial charge is 0.324 e. The van der Waals surface area contributed by atoms with Gasteiger partial charge in [0.05, 0.1) is 12.8 Å². The molecule has 0 aliphatic heterocycles. The second kappa shape index (κ2) is 8.58. The van der Waals surface area contributed by atoms with Gasteiger partial charge in [-0.25, -0.2) is 13.1 Å². The maximum Gasteiger partial charge on any atom is 0.208 e. The van der Waals surface area contributed by atoms with Gasteiger partial charge in [0.2, 0.25) is 10.0 Å². The van der Waals surface area contributed by atoms with Crippen molar-refractivity contribution in [3.63, 3.8) is 0 Å². The molecule has 0 amide bonds. The Morgan fingerprint density at radius 3 is 2.36 bits per heavy atom. The van der Waals surface area contributed by atoms with Gasteiger partial charge in [0, 0.05) is 23.9 Å². The van der Waals surface area contributed by atoms with Crippen molar-refractivity contribution in [2.75, 3.05) is 19.3 Å². The third-order valence-corrected chi connectivity index (χ3v) is 4.88. The molecule has 0 bridgehead atoms. The van der Waals surface area contributed by atoms with Crippen LogP contribution in [0.1, 0.15) is 22.6 Å². The van der Waals surface area contributed by atoms with Crippen molar-refractivity contribution in [3.8, 4) is 0 Å². The number of carbonyl (C=O) groups excluding carboxylic acids is 1. The molecule has 3 N–H and O–H groups in total.